The molecule has 1 amide bonds. The molecule has 1 saturated heterocycles. The number of nitrogens with zero attached hydrogens (tertiary/aromatic N) is 1. The zero-order chi connectivity index (χ0) is 22.0. The molecular formula is C26H30N3O3+. The highest BCUT2D eigenvalue weighted by Crippen LogP contribution is 2.21. The summed E-state index contributed by atoms with van der Waals surface area (Å²) in [6.07, 6.45) is 2.26. The van der Waals surface area contributed by atoms with Crippen molar-refractivity contribution in [3.63, 3.8) is 0 Å². The zero-order valence-electron chi connectivity index (χ0n) is 18.3. The number of hydrogen-bond donors (Lipinski definition) is 1. The summed E-state index contributed by atoms with van der Waals surface area (Å²) in [5, 5.41) is 2.96. The van der Waals surface area contributed by atoms with Gasteiger partial charge in [-0.25, -0.2) is 4.98 Å². The lowest BCUT2D eigenvalue weighted by Gasteiger charge is -2.26. The molecule has 1 fully saturated rings. The molecule has 2 heterocycles. The maximum absolute atomic E-state index is 12.2. The number of rotatable bonds is 9. The molecule has 6 heteroatoms. The average molecular weight is 433 g/mol. The van der Waals surface area contributed by atoms with Gasteiger partial charge in [0.25, 0.3) is 0 Å². The molecule has 32 heavy (non-hydrogen) atoms. The van der Waals surface area contributed by atoms with Crippen LogP contribution in [0.4, 0.5) is 0 Å². The molecule has 1 aliphatic heterocycles. The van der Waals surface area contributed by atoms with Gasteiger partial charge in [-0.1, -0.05) is 42.5 Å². The third-order valence-corrected chi connectivity index (χ3v) is 5.53. The summed E-state index contributed by atoms with van der Waals surface area (Å²) < 4.78 is 11.3. The SMILES string of the molecule is O=C(Cc1ccc(-c2ccc(OCCN3CCOCC3)cc2)c[nH+]1)NCc1ccccc1. The van der Waals surface area contributed by atoms with Gasteiger partial charge in [-0.2, -0.15) is 0 Å². The first-order valence-corrected chi connectivity index (χ1v) is 11.1. The Labute approximate surface area is 189 Å². The van der Waals surface area contributed by atoms with Crippen molar-refractivity contribution < 1.29 is 19.3 Å². The topological polar surface area (TPSA) is 64.9 Å². The Morgan fingerprint density at radius 1 is 0.969 bits per heavy atom. The van der Waals surface area contributed by atoms with Crippen molar-refractivity contribution in [3.8, 4) is 16.9 Å². The van der Waals surface area contributed by atoms with Gasteiger partial charge in [0, 0.05) is 37.8 Å². The third kappa shape index (κ3) is 6.64. The van der Waals surface area contributed by atoms with Crippen LogP contribution in [0.5, 0.6) is 5.75 Å². The Bertz CT molecular complexity index is 969. The summed E-state index contributed by atoms with van der Waals surface area (Å²) in [6, 6.07) is 22.0. The van der Waals surface area contributed by atoms with Crippen LogP contribution in [-0.4, -0.2) is 50.3 Å². The number of carbonyl (C=O) groups excluding carboxylic acids is 1. The van der Waals surface area contributed by atoms with E-state index < -0.39 is 0 Å². The minimum absolute atomic E-state index is 0.00330. The van der Waals surface area contributed by atoms with E-state index in [2.05, 4.69) is 27.3 Å². The number of aromatic amines is 1. The summed E-state index contributed by atoms with van der Waals surface area (Å²) in [7, 11) is 0. The van der Waals surface area contributed by atoms with Crippen LogP contribution in [0.1, 0.15) is 11.3 Å². The number of benzene rings is 2. The molecule has 0 bridgehead atoms. The highest BCUT2D eigenvalue weighted by Gasteiger charge is 2.11. The van der Waals surface area contributed by atoms with E-state index in [0.717, 1.165) is 61.0 Å². The third-order valence-electron chi connectivity index (χ3n) is 5.53. The fourth-order valence-corrected chi connectivity index (χ4v) is 3.64. The van der Waals surface area contributed by atoms with Gasteiger partial charge in [0.1, 0.15) is 18.8 Å². The summed E-state index contributed by atoms with van der Waals surface area (Å²) in [5.41, 5.74) is 4.14. The molecule has 0 atom stereocenters. The fourth-order valence-electron chi connectivity index (χ4n) is 3.64. The smallest absolute Gasteiger partial charge is 0.230 e. The standard InChI is InChI=1S/C26H29N3O3/c30-26(28-19-21-4-2-1-3-5-21)18-24-9-6-23(20-27-24)22-7-10-25(11-8-22)32-17-14-29-12-15-31-16-13-29/h1-11,20H,12-19H2,(H,28,30)/p+1. The quantitative estimate of drug-likeness (QED) is 0.565. The molecule has 4 rings (SSSR count). The number of aromatic nitrogens is 1. The van der Waals surface area contributed by atoms with Crippen LogP contribution in [0, 0.1) is 0 Å². The maximum Gasteiger partial charge on any atom is 0.230 e. The van der Waals surface area contributed by atoms with E-state index in [4.69, 9.17) is 9.47 Å². The molecule has 0 saturated carbocycles. The molecule has 6 nitrogen and oxygen atoms in total. The minimum Gasteiger partial charge on any atom is -0.492 e. The Kier molecular flexibility index (Phi) is 7.84. The molecule has 1 aliphatic rings. The van der Waals surface area contributed by atoms with Gasteiger partial charge in [0.2, 0.25) is 5.91 Å². The van der Waals surface area contributed by atoms with Gasteiger partial charge in [0.15, 0.2) is 11.9 Å². The number of carbonyl (C=O) groups is 1. The average Bonchev–Trinajstić information content (AvgIpc) is 2.85. The monoisotopic (exact) mass is 432 g/mol. The Hall–Kier alpha value is -3.22. The molecule has 166 valence electrons. The first-order chi connectivity index (χ1) is 15.8. The summed E-state index contributed by atoms with van der Waals surface area (Å²) >= 11 is 0. The molecule has 3 aromatic rings. The first-order valence-electron chi connectivity index (χ1n) is 11.1. The number of H-pyrrole nitrogens is 1. The second kappa shape index (κ2) is 11.4. The van der Waals surface area contributed by atoms with Gasteiger partial charge in [-0.15, -0.1) is 0 Å². The van der Waals surface area contributed by atoms with Crippen molar-refractivity contribution in [1.29, 1.82) is 0 Å². The van der Waals surface area contributed by atoms with E-state index in [-0.39, 0.29) is 5.91 Å². The lowest BCUT2D eigenvalue weighted by atomic mass is 10.1. The van der Waals surface area contributed by atoms with Gasteiger partial charge in [0.05, 0.1) is 13.2 Å². The Balaban J connectivity index is 1.23. The molecule has 0 aliphatic carbocycles. The zero-order valence-corrected chi connectivity index (χ0v) is 18.3. The van der Waals surface area contributed by atoms with Crippen molar-refractivity contribution in [2.45, 2.75) is 13.0 Å². The van der Waals surface area contributed by atoms with Crippen molar-refractivity contribution in [2.75, 3.05) is 39.5 Å². The van der Waals surface area contributed by atoms with Crippen molar-refractivity contribution >= 4 is 5.91 Å². The first kappa shape index (κ1) is 22.0. The fraction of sp³-hybridized carbons (Fsp3) is 0.308. The molecular weight excluding hydrogens is 402 g/mol. The maximum atomic E-state index is 12.2. The van der Waals surface area contributed by atoms with E-state index in [1.165, 1.54) is 0 Å². The van der Waals surface area contributed by atoms with Crippen LogP contribution < -0.4 is 15.0 Å². The molecule has 0 unspecified atom stereocenters. The van der Waals surface area contributed by atoms with Crippen LogP contribution >= 0.6 is 0 Å². The number of ether oxygens (including phenoxy) is 2. The van der Waals surface area contributed by atoms with Crippen molar-refractivity contribution in [3.05, 3.63) is 84.2 Å². The molecule has 2 aromatic carbocycles. The molecule has 1 aromatic heterocycles. The summed E-state index contributed by atoms with van der Waals surface area (Å²) in [4.78, 5) is 17.8. The Morgan fingerprint density at radius 2 is 1.72 bits per heavy atom. The number of morpholine rings is 1. The number of pyridine rings is 1. The second-order valence-electron chi connectivity index (χ2n) is 7.87. The summed E-state index contributed by atoms with van der Waals surface area (Å²) in [6.45, 7) is 5.70. The largest absolute Gasteiger partial charge is 0.492 e. The van der Waals surface area contributed by atoms with Gasteiger partial charge in [-0.05, 0) is 29.3 Å². The minimum atomic E-state index is -0.00330. The van der Waals surface area contributed by atoms with Gasteiger partial charge >= 0.3 is 0 Å². The highest BCUT2D eigenvalue weighted by molar-refractivity contribution is 5.77. The molecule has 0 radical (unpaired) electrons. The van der Waals surface area contributed by atoms with E-state index in [1.807, 2.05) is 60.8 Å². The lowest BCUT2D eigenvalue weighted by molar-refractivity contribution is -0.388. The van der Waals surface area contributed by atoms with Crippen LogP contribution in [0.15, 0.2) is 72.9 Å². The summed E-state index contributed by atoms with van der Waals surface area (Å²) in [5.74, 6) is 0.870. The number of nitrogens with one attached hydrogen (secondary N) is 2. The van der Waals surface area contributed by atoms with Gasteiger partial charge < -0.3 is 14.8 Å². The second-order valence-corrected chi connectivity index (χ2v) is 7.87. The Morgan fingerprint density at radius 3 is 2.44 bits per heavy atom. The van der Waals surface area contributed by atoms with E-state index >= 15 is 0 Å². The number of amides is 1. The molecule has 2 N–H and O–H groups in total. The van der Waals surface area contributed by atoms with Crippen LogP contribution in [0.3, 0.4) is 0 Å². The predicted molar refractivity (Wildman–Crippen MR) is 123 cm³/mol. The van der Waals surface area contributed by atoms with Crippen molar-refractivity contribution in [1.82, 2.24) is 10.2 Å². The predicted octanol–water partition coefficient (Wildman–Crippen LogP) is 2.74. The van der Waals surface area contributed by atoms with Crippen LogP contribution in [-0.2, 0) is 22.5 Å². The van der Waals surface area contributed by atoms with Crippen LogP contribution in [0.25, 0.3) is 11.1 Å². The van der Waals surface area contributed by atoms with E-state index in [1.54, 1.807) is 0 Å². The van der Waals surface area contributed by atoms with Gasteiger partial charge in [-0.3, -0.25) is 9.69 Å². The molecule has 0 spiro atoms. The van der Waals surface area contributed by atoms with E-state index in [0.29, 0.717) is 19.6 Å². The normalized spacial score (nSPS) is 14.1. The van der Waals surface area contributed by atoms with Crippen LogP contribution in [0.2, 0.25) is 0 Å². The lowest BCUT2D eigenvalue weighted by Crippen LogP contribution is -2.38. The van der Waals surface area contributed by atoms with Crippen molar-refractivity contribution in [2.24, 2.45) is 0 Å². The van der Waals surface area contributed by atoms with E-state index in [9.17, 15) is 4.79 Å². The highest BCUT2D eigenvalue weighted by atomic mass is 16.5. The number of hydrogen-bond acceptors (Lipinski definition) is 4.